The Morgan fingerprint density at radius 1 is 0.974 bits per heavy atom. The molecule has 0 saturated heterocycles. The molecule has 0 bridgehead atoms. The number of nitrogens with one attached hydrogen (secondary N) is 2. The Kier molecular flexibility index (Phi) is 14.3. The number of pyridine rings is 1. The number of rotatable bonds is 18. The summed E-state index contributed by atoms with van der Waals surface area (Å²) in [7, 11) is -4.36. The van der Waals surface area contributed by atoms with Gasteiger partial charge in [0, 0.05) is 25.7 Å². The van der Waals surface area contributed by atoms with Crippen molar-refractivity contribution in [3.63, 3.8) is 0 Å². The fourth-order valence-electron chi connectivity index (χ4n) is 3.82. The number of unbranched alkanes of at least 4 members (excludes halogenated alkanes) is 4. The van der Waals surface area contributed by atoms with Crippen molar-refractivity contribution in [2.24, 2.45) is 10.2 Å². The number of aliphatic hydroxyl groups excluding tert-OH is 1. The number of aromatic nitrogens is 1. The molecule has 0 radical (unpaired) electrons. The number of benzene rings is 1. The first-order valence-corrected chi connectivity index (χ1v) is 14.8. The first-order chi connectivity index (χ1) is 18.7. The van der Waals surface area contributed by atoms with E-state index in [-0.39, 0.29) is 41.7 Å². The molecule has 1 heterocycles. The van der Waals surface area contributed by atoms with Gasteiger partial charge in [-0.3, -0.25) is 14.1 Å². The summed E-state index contributed by atoms with van der Waals surface area (Å²) < 4.78 is 32.2. The molecular weight excluding hydrogens is 522 g/mol. The van der Waals surface area contributed by atoms with E-state index >= 15 is 0 Å². The Morgan fingerprint density at radius 3 is 2.41 bits per heavy atom. The maximum Gasteiger partial charge on any atom is 0.294 e. The van der Waals surface area contributed by atoms with Crippen molar-refractivity contribution in [3.05, 3.63) is 53.7 Å². The van der Waals surface area contributed by atoms with Gasteiger partial charge in [0.15, 0.2) is 5.82 Å². The maximum absolute atomic E-state index is 12.3. The lowest BCUT2D eigenvalue weighted by Crippen LogP contribution is -2.34. The Bertz CT molecular complexity index is 1170. The molecule has 2 amide bonds. The Hall–Kier alpha value is -3.22. The van der Waals surface area contributed by atoms with E-state index in [1.807, 2.05) is 0 Å². The summed E-state index contributed by atoms with van der Waals surface area (Å²) in [5.74, 6) is -0.165. The molecule has 2 rings (SSSR count). The normalized spacial score (nSPS) is 12.4. The van der Waals surface area contributed by atoms with Crippen molar-refractivity contribution in [2.75, 3.05) is 13.1 Å². The van der Waals surface area contributed by atoms with Crippen LogP contribution in [0.4, 0.5) is 5.82 Å². The average Bonchev–Trinajstić information content (AvgIpc) is 2.91. The highest BCUT2D eigenvalue weighted by Crippen LogP contribution is 2.17. The number of hydrogen-bond acceptors (Lipinski definition) is 8. The monoisotopic (exact) mass is 561 g/mol. The van der Waals surface area contributed by atoms with Crippen LogP contribution in [0.2, 0.25) is 0 Å². The fraction of sp³-hybridized carbons (Fsp3) is 0.519. The van der Waals surface area contributed by atoms with Gasteiger partial charge in [0.25, 0.3) is 16.0 Å². The largest absolute Gasteiger partial charge is 0.393 e. The second-order valence-electron chi connectivity index (χ2n) is 9.24. The molecule has 0 fully saturated rings. The molecule has 4 N–H and O–H groups in total. The van der Waals surface area contributed by atoms with E-state index in [9.17, 15) is 27.7 Å². The molecular formula is C27H39N5O6S. The smallest absolute Gasteiger partial charge is 0.294 e. The lowest BCUT2D eigenvalue weighted by Gasteiger charge is -2.09. The molecule has 1 aromatic heterocycles. The Labute approximate surface area is 230 Å². The van der Waals surface area contributed by atoms with Crippen LogP contribution >= 0.6 is 0 Å². The van der Waals surface area contributed by atoms with Gasteiger partial charge in [-0.25, -0.2) is 4.98 Å². The number of amides is 2. The number of hydrogen-bond donors (Lipinski definition) is 4. The second-order valence-corrected chi connectivity index (χ2v) is 10.6. The molecule has 0 spiro atoms. The molecule has 0 aliphatic rings. The zero-order chi connectivity index (χ0) is 28.5. The maximum atomic E-state index is 12.3. The van der Waals surface area contributed by atoms with Crippen molar-refractivity contribution in [1.29, 1.82) is 0 Å². The number of carbonyl (C=O) groups excluding carboxylic acids is 2. The quantitative estimate of drug-likeness (QED) is 0.119. The minimum atomic E-state index is -4.36. The summed E-state index contributed by atoms with van der Waals surface area (Å²) in [4.78, 5) is 28.1. The van der Waals surface area contributed by atoms with Crippen LogP contribution in [-0.4, -0.2) is 54.1 Å². The van der Waals surface area contributed by atoms with Crippen LogP contribution in [0.1, 0.15) is 80.6 Å². The van der Waals surface area contributed by atoms with Crippen molar-refractivity contribution >= 4 is 27.8 Å². The summed E-state index contributed by atoms with van der Waals surface area (Å²) in [6, 6.07) is 8.96. The van der Waals surface area contributed by atoms with Crippen molar-refractivity contribution < 1.29 is 27.7 Å². The van der Waals surface area contributed by atoms with E-state index < -0.39 is 10.1 Å². The second kappa shape index (κ2) is 17.4. The number of azo groups is 1. The molecule has 214 valence electrons. The Balaban J connectivity index is 1.62. The van der Waals surface area contributed by atoms with Gasteiger partial charge in [0.1, 0.15) is 0 Å². The number of carbonyl (C=O) groups is 2. The van der Waals surface area contributed by atoms with Crippen LogP contribution in [0, 0.1) is 0 Å². The van der Waals surface area contributed by atoms with Gasteiger partial charge in [0.2, 0.25) is 5.91 Å². The third kappa shape index (κ3) is 12.9. The van der Waals surface area contributed by atoms with Crippen molar-refractivity contribution in [2.45, 2.75) is 82.3 Å². The molecule has 1 atom stereocenters. The Morgan fingerprint density at radius 2 is 1.69 bits per heavy atom. The predicted molar refractivity (Wildman–Crippen MR) is 147 cm³/mol. The van der Waals surface area contributed by atoms with Crippen LogP contribution in [-0.2, 0) is 21.5 Å². The molecule has 0 saturated carbocycles. The fourth-order valence-corrected chi connectivity index (χ4v) is 4.54. The lowest BCUT2D eigenvalue weighted by molar-refractivity contribution is -0.121. The van der Waals surface area contributed by atoms with E-state index in [0.29, 0.717) is 24.1 Å². The minimum Gasteiger partial charge on any atom is -0.393 e. The first kappa shape index (κ1) is 32.0. The van der Waals surface area contributed by atoms with E-state index in [0.717, 1.165) is 51.4 Å². The third-order valence-corrected chi connectivity index (χ3v) is 6.94. The van der Waals surface area contributed by atoms with Crippen LogP contribution in [0.3, 0.4) is 0 Å². The van der Waals surface area contributed by atoms with E-state index in [1.165, 1.54) is 36.5 Å². The highest BCUT2D eigenvalue weighted by Gasteiger charge is 2.14. The van der Waals surface area contributed by atoms with Gasteiger partial charge >= 0.3 is 0 Å². The molecule has 1 unspecified atom stereocenters. The average molecular weight is 562 g/mol. The lowest BCUT2D eigenvalue weighted by atomic mass is 10.0. The zero-order valence-electron chi connectivity index (χ0n) is 22.4. The van der Waals surface area contributed by atoms with Gasteiger partial charge in [-0.2, -0.15) is 13.5 Å². The van der Waals surface area contributed by atoms with Crippen molar-refractivity contribution in [1.82, 2.24) is 15.6 Å². The van der Waals surface area contributed by atoms with E-state index in [2.05, 4.69) is 32.8 Å². The van der Waals surface area contributed by atoms with Gasteiger partial charge in [-0.1, -0.05) is 57.2 Å². The van der Waals surface area contributed by atoms with Crippen LogP contribution in [0.15, 0.2) is 57.7 Å². The van der Waals surface area contributed by atoms with Gasteiger partial charge in [-0.15, -0.1) is 5.11 Å². The summed E-state index contributed by atoms with van der Waals surface area (Å²) in [6.07, 6.45) is 9.13. The summed E-state index contributed by atoms with van der Waals surface area (Å²) >= 11 is 0. The third-order valence-electron chi connectivity index (χ3n) is 5.99. The zero-order valence-corrected chi connectivity index (χ0v) is 23.2. The molecule has 12 heteroatoms. The van der Waals surface area contributed by atoms with Gasteiger partial charge < -0.3 is 15.7 Å². The molecule has 0 aliphatic heterocycles. The number of nitrogens with zero attached hydrogens (tertiary/aromatic N) is 3. The topological polar surface area (TPSA) is 170 Å². The number of aliphatic hydroxyl groups is 1. The van der Waals surface area contributed by atoms with Crippen molar-refractivity contribution in [3.8, 4) is 0 Å². The summed E-state index contributed by atoms with van der Waals surface area (Å²) in [5, 5.41) is 23.2. The van der Waals surface area contributed by atoms with Crippen LogP contribution < -0.4 is 10.6 Å². The highest BCUT2D eigenvalue weighted by molar-refractivity contribution is 7.85. The summed E-state index contributed by atoms with van der Waals surface area (Å²) in [5.41, 5.74) is 0.609. The highest BCUT2D eigenvalue weighted by atomic mass is 32.2. The SMILES string of the molecule is CCCCC(O)CCCCCCC(=O)NCCNC(=O)c1ccc(N=NCc2ccccc2S(=O)(=O)O)nc1. The van der Waals surface area contributed by atoms with Crippen LogP contribution in [0.5, 0.6) is 0 Å². The van der Waals surface area contributed by atoms with Gasteiger partial charge in [0.05, 0.1) is 23.1 Å². The molecule has 2 aromatic rings. The first-order valence-electron chi connectivity index (χ1n) is 13.3. The summed E-state index contributed by atoms with van der Waals surface area (Å²) in [6.45, 7) is 2.63. The molecule has 0 aliphatic carbocycles. The standard InChI is InChI=1S/C27H39N5O6S/c1-2-3-11-23(33)12-6-4-5-7-14-26(34)28-17-18-29-27(35)22-15-16-25(30-19-22)32-31-20-21-10-8-9-13-24(21)39(36,37)38/h8-10,13,15-16,19,23,33H,2-7,11-12,14,17-18,20H2,1H3,(H,28,34)(H,29,35)(H,36,37,38). The minimum absolute atomic E-state index is 0.0529. The van der Waals surface area contributed by atoms with E-state index in [1.54, 1.807) is 6.07 Å². The molecule has 1 aromatic carbocycles. The van der Waals surface area contributed by atoms with Gasteiger partial charge in [-0.05, 0) is 43.0 Å². The molecule has 39 heavy (non-hydrogen) atoms. The van der Waals surface area contributed by atoms with Crippen LogP contribution in [0.25, 0.3) is 0 Å². The van der Waals surface area contributed by atoms with E-state index in [4.69, 9.17) is 0 Å². The molecule has 11 nitrogen and oxygen atoms in total. The predicted octanol–water partition coefficient (Wildman–Crippen LogP) is 4.35.